The topological polar surface area (TPSA) is 37.4 Å². The molecule has 5 heteroatoms. The standard InChI is InChI=1S/C19H25NO2SSi/c1-15-8-10-17(11-9-15)23(21,22)20-13-12-18-16(14-20)6-5-7-19(18)24(2,3)4/h5-11H,12-14H2,1-4H3. The van der Waals surface area contributed by atoms with Crippen molar-refractivity contribution < 1.29 is 8.42 Å². The smallest absolute Gasteiger partial charge is 0.207 e. The number of sulfonamides is 1. The van der Waals surface area contributed by atoms with Crippen LogP contribution in [0.5, 0.6) is 0 Å². The summed E-state index contributed by atoms with van der Waals surface area (Å²) in [6.07, 6.45) is 0.806. The third kappa shape index (κ3) is 3.21. The fourth-order valence-electron chi connectivity index (χ4n) is 3.35. The molecule has 0 fully saturated rings. The van der Waals surface area contributed by atoms with Crippen molar-refractivity contribution in [3.8, 4) is 0 Å². The lowest BCUT2D eigenvalue weighted by molar-refractivity contribution is 0.392. The van der Waals surface area contributed by atoms with Crippen LogP contribution in [-0.2, 0) is 23.0 Å². The zero-order chi connectivity index (χ0) is 17.5. The molecule has 1 aliphatic rings. The first-order valence-electron chi connectivity index (χ1n) is 8.37. The van der Waals surface area contributed by atoms with E-state index in [2.05, 4.69) is 37.8 Å². The van der Waals surface area contributed by atoms with E-state index in [0.29, 0.717) is 18.0 Å². The first-order valence-corrected chi connectivity index (χ1v) is 13.3. The summed E-state index contributed by atoms with van der Waals surface area (Å²) in [4.78, 5) is 0.387. The highest BCUT2D eigenvalue weighted by Gasteiger charge is 2.31. The van der Waals surface area contributed by atoms with Gasteiger partial charge in [-0.3, -0.25) is 0 Å². The summed E-state index contributed by atoms with van der Waals surface area (Å²) >= 11 is 0. The average Bonchev–Trinajstić information content (AvgIpc) is 2.53. The lowest BCUT2D eigenvalue weighted by atomic mass is 10.0. The zero-order valence-corrected chi connectivity index (χ0v) is 16.7. The van der Waals surface area contributed by atoms with Crippen molar-refractivity contribution in [1.29, 1.82) is 0 Å². The van der Waals surface area contributed by atoms with Crippen LogP contribution >= 0.6 is 0 Å². The van der Waals surface area contributed by atoms with Gasteiger partial charge in [0.15, 0.2) is 0 Å². The van der Waals surface area contributed by atoms with Gasteiger partial charge in [0.2, 0.25) is 10.0 Å². The SMILES string of the molecule is Cc1ccc(S(=O)(=O)N2CCc3c(cccc3[Si](C)(C)C)C2)cc1. The molecule has 0 spiro atoms. The van der Waals surface area contributed by atoms with Gasteiger partial charge in [0.25, 0.3) is 0 Å². The molecule has 2 aromatic rings. The van der Waals surface area contributed by atoms with Gasteiger partial charge in [0, 0.05) is 13.1 Å². The molecule has 0 saturated heterocycles. The maximum atomic E-state index is 12.9. The van der Waals surface area contributed by atoms with E-state index in [-0.39, 0.29) is 0 Å². The van der Waals surface area contributed by atoms with E-state index >= 15 is 0 Å². The monoisotopic (exact) mass is 359 g/mol. The lowest BCUT2D eigenvalue weighted by Gasteiger charge is -2.32. The molecular weight excluding hydrogens is 334 g/mol. The van der Waals surface area contributed by atoms with E-state index < -0.39 is 18.1 Å². The van der Waals surface area contributed by atoms with Crippen LogP contribution in [0.2, 0.25) is 19.6 Å². The minimum Gasteiger partial charge on any atom is -0.207 e. The Balaban J connectivity index is 1.94. The van der Waals surface area contributed by atoms with Crippen molar-refractivity contribution in [1.82, 2.24) is 4.31 Å². The highest BCUT2D eigenvalue weighted by Crippen LogP contribution is 2.25. The van der Waals surface area contributed by atoms with E-state index in [0.717, 1.165) is 17.5 Å². The minimum absolute atomic E-state index is 0.387. The Hall–Kier alpha value is -1.43. The summed E-state index contributed by atoms with van der Waals surface area (Å²) in [6.45, 7) is 10.0. The number of hydrogen-bond donors (Lipinski definition) is 0. The molecule has 2 aromatic carbocycles. The molecule has 24 heavy (non-hydrogen) atoms. The van der Waals surface area contributed by atoms with Crippen LogP contribution in [0.4, 0.5) is 0 Å². The van der Waals surface area contributed by atoms with Gasteiger partial charge in [-0.25, -0.2) is 8.42 Å². The minimum atomic E-state index is -3.43. The predicted molar refractivity (Wildman–Crippen MR) is 102 cm³/mol. The molecule has 0 radical (unpaired) electrons. The van der Waals surface area contributed by atoms with E-state index in [1.807, 2.05) is 19.1 Å². The highest BCUT2D eigenvalue weighted by molar-refractivity contribution is 7.89. The van der Waals surface area contributed by atoms with Crippen LogP contribution in [0.25, 0.3) is 0 Å². The van der Waals surface area contributed by atoms with Gasteiger partial charge >= 0.3 is 0 Å². The Morgan fingerprint density at radius 3 is 2.29 bits per heavy atom. The molecule has 0 saturated carbocycles. The van der Waals surface area contributed by atoms with Gasteiger partial charge < -0.3 is 0 Å². The molecule has 3 rings (SSSR count). The Kier molecular flexibility index (Phi) is 4.44. The van der Waals surface area contributed by atoms with Crippen LogP contribution in [0, 0.1) is 6.92 Å². The zero-order valence-electron chi connectivity index (χ0n) is 14.8. The second kappa shape index (κ2) is 6.13. The molecule has 0 amide bonds. The van der Waals surface area contributed by atoms with Crippen molar-refractivity contribution in [2.75, 3.05) is 6.54 Å². The van der Waals surface area contributed by atoms with Gasteiger partial charge in [-0.2, -0.15) is 4.31 Å². The fraction of sp³-hybridized carbons (Fsp3) is 0.368. The normalized spacial score (nSPS) is 16.0. The molecule has 0 N–H and O–H groups in total. The molecule has 3 nitrogen and oxygen atoms in total. The van der Waals surface area contributed by atoms with E-state index in [1.54, 1.807) is 16.4 Å². The van der Waals surface area contributed by atoms with E-state index in [4.69, 9.17) is 0 Å². The molecular formula is C19H25NO2SSi. The van der Waals surface area contributed by atoms with Crippen LogP contribution in [-0.4, -0.2) is 27.3 Å². The van der Waals surface area contributed by atoms with Gasteiger partial charge in [-0.15, -0.1) is 0 Å². The third-order valence-electron chi connectivity index (χ3n) is 4.70. The summed E-state index contributed by atoms with van der Waals surface area (Å²) in [6, 6.07) is 13.5. The van der Waals surface area contributed by atoms with Crippen molar-refractivity contribution >= 4 is 23.3 Å². The van der Waals surface area contributed by atoms with Crippen molar-refractivity contribution in [3.63, 3.8) is 0 Å². The molecule has 0 atom stereocenters. The molecule has 0 bridgehead atoms. The molecule has 0 aliphatic carbocycles. The largest absolute Gasteiger partial charge is 0.243 e. The maximum Gasteiger partial charge on any atom is 0.243 e. The molecule has 128 valence electrons. The van der Waals surface area contributed by atoms with Crippen LogP contribution in [0.3, 0.4) is 0 Å². The van der Waals surface area contributed by atoms with E-state index in [9.17, 15) is 8.42 Å². The highest BCUT2D eigenvalue weighted by atomic mass is 32.2. The first kappa shape index (κ1) is 17.4. The molecule has 0 unspecified atom stereocenters. The van der Waals surface area contributed by atoms with Crippen molar-refractivity contribution in [3.05, 3.63) is 59.2 Å². The summed E-state index contributed by atoms with van der Waals surface area (Å²) in [5.41, 5.74) is 3.61. The van der Waals surface area contributed by atoms with Crippen LogP contribution in [0.15, 0.2) is 47.4 Å². The second-order valence-electron chi connectivity index (χ2n) is 7.59. The average molecular weight is 360 g/mol. The van der Waals surface area contributed by atoms with Crippen molar-refractivity contribution in [2.45, 2.75) is 44.4 Å². The number of benzene rings is 2. The summed E-state index contributed by atoms with van der Waals surface area (Å²) in [5, 5.41) is 1.47. The first-order chi connectivity index (χ1) is 11.2. The summed E-state index contributed by atoms with van der Waals surface area (Å²) in [5.74, 6) is 0. The summed E-state index contributed by atoms with van der Waals surface area (Å²) in [7, 11) is -4.84. The third-order valence-corrected chi connectivity index (χ3v) is 8.64. The van der Waals surface area contributed by atoms with Gasteiger partial charge in [-0.1, -0.05) is 60.7 Å². The number of fused-ring (bicyclic) bond motifs is 1. The van der Waals surface area contributed by atoms with Crippen LogP contribution < -0.4 is 5.19 Å². The molecule has 1 heterocycles. The predicted octanol–water partition coefficient (Wildman–Crippen LogP) is 3.29. The van der Waals surface area contributed by atoms with Crippen molar-refractivity contribution in [2.24, 2.45) is 0 Å². The molecule has 1 aliphatic heterocycles. The summed E-state index contributed by atoms with van der Waals surface area (Å²) < 4.78 is 27.5. The number of aryl methyl sites for hydroxylation is 1. The van der Waals surface area contributed by atoms with E-state index in [1.165, 1.54) is 10.8 Å². The Labute approximate surface area is 146 Å². The quantitative estimate of drug-likeness (QED) is 0.789. The van der Waals surface area contributed by atoms with Gasteiger partial charge in [0.1, 0.15) is 0 Å². The Bertz CT molecular complexity index is 852. The Morgan fingerprint density at radius 2 is 1.67 bits per heavy atom. The lowest BCUT2D eigenvalue weighted by Crippen LogP contribution is -2.44. The number of nitrogens with zero attached hydrogens (tertiary/aromatic N) is 1. The molecule has 0 aromatic heterocycles. The van der Waals surface area contributed by atoms with Crippen LogP contribution in [0.1, 0.15) is 16.7 Å². The Morgan fingerprint density at radius 1 is 1.00 bits per heavy atom. The fourth-order valence-corrected chi connectivity index (χ4v) is 6.56. The maximum absolute atomic E-state index is 12.9. The van der Waals surface area contributed by atoms with Gasteiger partial charge in [-0.05, 0) is 36.6 Å². The number of hydrogen-bond acceptors (Lipinski definition) is 2. The second-order valence-corrected chi connectivity index (χ2v) is 14.6. The number of rotatable bonds is 3. The van der Waals surface area contributed by atoms with Gasteiger partial charge in [0.05, 0.1) is 13.0 Å².